The van der Waals surface area contributed by atoms with Crippen LogP contribution in [0.1, 0.15) is 21.6 Å². The summed E-state index contributed by atoms with van der Waals surface area (Å²) in [6, 6.07) is 5.85. The van der Waals surface area contributed by atoms with E-state index in [0.29, 0.717) is 0 Å². The first-order chi connectivity index (χ1) is 12.0. The van der Waals surface area contributed by atoms with Gasteiger partial charge in [-0.15, -0.1) is 11.3 Å². The van der Waals surface area contributed by atoms with Crippen LogP contribution in [0.3, 0.4) is 0 Å². The summed E-state index contributed by atoms with van der Waals surface area (Å²) in [5, 5.41) is 4.37. The molecule has 1 amide bonds. The highest BCUT2D eigenvalue weighted by Crippen LogP contribution is 2.09. The zero-order valence-electron chi connectivity index (χ0n) is 12.9. The van der Waals surface area contributed by atoms with Gasteiger partial charge in [-0.25, -0.2) is 13.8 Å². The van der Waals surface area contributed by atoms with E-state index in [-0.39, 0.29) is 29.8 Å². The summed E-state index contributed by atoms with van der Waals surface area (Å²) in [5.74, 6) is -1.87. The second-order valence-electron chi connectivity index (χ2n) is 5.28. The van der Waals surface area contributed by atoms with Gasteiger partial charge < -0.3 is 9.88 Å². The van der Waals surface area contributed by atoms with Crippen molar-refractivity contribution in [3.63, 3.8) is 0 Å². The standard InChI is InChI=1S/C17H13F2N3O2S/c18-13-3-1-11(15(19)5-13)6-20-17(24)12-2-4-16(23)22(7-12)8-14-9-25-10-21-14/h1-5,7,9-10H,6,8H2,(H,20,24). The predicted octanol–water partition coefficient (Wildman–Crippen LogP) is 2.56. The maximum Gasteiger partial charge on any atom is 0.253 e. The Balaban J connectivity index is 1.72. The largest absolute Gasteiger partial charge is 0.348 e. The van der Waals surface area contributed by atoms with Gasteiger partial charge >= 0.3 is 0 Å². The monoisotopic (exact) mass is 361 g/mol. The summed E-state index contributed by atoms with van der Waals surface area (Å²) in [6.45, 7) is 0.173. The van der Waals surface area contributed by atoms with Gasteiger partial charge in [0.25, 0.3) is 11.5 Å². The summed E-state index contributed by atoms with van der Waals surface area (Å²) < 4.78 is 27.9. The van der Waals surface area contributed by atoms with Crippen molar-refractivity contribution in [2.45, 2.75) is 13.1 Å². The van der Waals surface area contributed by atoms with E-state index in [0.717, 1.165) is 17.8 Å². The second-order valence-corrected chi connectivity index (χ2v) is 6.00. The number of hydrogen-bond acceptors (Lipinski definition) is 4. The second kappa shape index (κ2) is 7.35. The summed E-state index contributed by atoms with van der Waals surface area (Å²) in [6.07, 6.45) is 1.43. The number of pyridine rings is 1. The molecule has 2 aromatic heterocycles. The van der Waals surface area contributed by atoms with Crippen LogP contribution in [-0.2, 0) is 13.1 Å². The Bertz CT molecular complexity index is 955. The summed E-state index contributed by atoms with van der Waals surface area (Å²) >= 11 is 1.42. The van der Waals surface area contributed by atoms with Crippen molar-refractivity contribution < 1.29 is 13.6 Å². The van der Waals surface area contributed by atoms with Crippen molar-refractivity contribution in [1.82, 2.24) is 14.9 Å². The topological polar surface area (TPSA) is 64.0 Å². The maximum atomic E-state index is 13.6. The van der Waals surface area contributed by atoms with Crippen LogP contribution in [0.25, 0.3) is 0 Å². The molecule has 0 radical (unpaired) electrons. The van der Waals surface area contributed by atoms with E-state index >= 15 is 0 Å². The van der Waals surface area contributed by atoms with Crippen LogP contribution in [0.4, 0.5) is 8.78 Å². The molecule has 2 heterocycles. The fraction of sp³-hybridized carbons (Fsp3) is 0.118. The molecule has 0 unspecified atom stereocenters. The molecule has 0 saturated carbocycles. The number of nitrogens with one attached hydrogen (secondary N) is 1. The molecule has 0 aliphatic carbocycles. The highest BCUT2D eigenvalue weighted by Gasteiger charge is 2.10. The van der Waals surface area contributed by atoms with Crippen molar-refractivity contribution >= 4 is 17.2 Å². The minimum Gasteiger partial charge on any atom is -0.348 e. The SMILES string of the molecule is O=C(NCc1ccc(F)cc1F)c1ccc(=O)n(Cc2cscn2)c1. The number of amides is 1. The zero-order valence-corrected chi connectivity index (χ0v) is 13.7. The molecule has 0 aliphatic heterocycles. The van der Waals surface area contributed by atoms with Crippen LogP contribution in [-0.4, -0.2) is 15.5 Å². The number of hydrogen-bond donors (Lipinski definition) is 1. The van der Waals surface area contributed by atoms with Crippen molar-refractivity contribution in [3.8, 4) is 0 Å². The number of carbonyl (C=O) groups excluding carboxylic acids is 1. The third-order valence-corrected chi connectivity index (χ3v) is 4.15. The number of halogens is 2. The number of aromatic nitrogens is 2. The highest BCUT2D eigenvalue weighted by atomic mass is 32.1. The first kappa shape index (κ1) is 17.0. The molecule has 0 spiro atoms. The van der Waals surface area contributed by atoms with Gasteiger partial charge in [-0.2, -0.15) is 0 Å². The molecule has 1 N–H and O–H groups in total. The fourth-order valence-electron chi connectivity index (χ4n) is 2.22. The van der Waals surface area contributed by atoms with Gasteiger partial charge in [0.15, 0.2) is 0 Å². The number of rotatable bonds is 5. The number of thiazole rings is 1. The van der Waals surface area contributed by atoms with Gasteiger partial charge in [-0.05, 0) is 12.1 Å². The third kappa shape index (κ3) is 4.16. The summed E-state index contributed by atoms with van der Waals surface area (Å²) in [7, 11) is 0. The quantitative estimate of drug-likeness (QED) is 0.760. The van der Waals surface area contributed by atoms with E-state index in [2.05, 4.69) is 10.3 Å². The van der Waals surface area contributed by atoms with E-state index in [9.17, 15) is 18.4 Å². The summed E-state index contributed by atoms with van der Waals surface area (Å²) in [4.78, 5) is 28.2. The Kier molecular flexibility index (Phi) is 4.99. The van der Waals surface area contributed by atoms with Gasteiger partial charge in [-0.3, -0.25) is 9.59 Å². The lowest BCUT2D eigenvalue weighted by Crippen LogP contribution is -2.27. The molecule has 128 valence electrons. The highest BCUT2D eigenvalue weighted by molar-refractivity contribution is 7.07. The lowest BCUT2D eigenvalue weighted by Gasteiger charge is -2.09. The molecule has 0 aliphatic rings. The average Bonchev–Trinajstić information content (AvgIpc) is 3.09. The van der Waals surface area contributed by atoms with Crippen molar-refractivity contribution in [2.75, 3.05) is 0 Å². The van der Waals surface area contributed by atoms with E-state index in [4.69, 9.17) is 0 Å². The molecule has 8 heteroatoms. The van der Waals surface area contributed by atoms with E-state index in [1.807, 2.05) is 5.38 Å². The van der Waals surface area contributed by atoms with Crippen molar-refractivity contribution in [2.24, 2.45) is 0 Å². The molecule has 3 aromatic rings. The number of benzene rings is 1. The van der Waals surface area contributed by atoms with Crippen molar-refractivity contribution in [1.29, 1.82) is 0 Å². The number of carbonyl (C=O) groups is 1. The van der Waals surface area contributed by atoms with Crippen LogP contribution in [0.5, 0.6) is 0 Å². The van der Waals surface area contributed by atoms with Gasteiger partial charge in [0, 0.05) is 35.8 Å². The predicted molar refractivity (Wildman–Crippen MR) is 89.4 cm³/mol. The lowest BCUT2D eigenvalue weighted by molar-refractivity contribution is 0.0949. The average molecular weight is 361 g/mol. The van der Waals surface area contributed by atoms with Crippen LogP contribution < -0.4 is 10.9 Å². The molecular formula is C17H13F2N3O2S. The first-order valence-corrected chi connectivity index (χ1v) is 8.27. The van der Waals surface area contributed by atoms with Crippen molar-refractivity contribution in [3.05, 3.63) is 86.2 Å². The molecule has 0 bridgehead atoms. The van der Waals surface area contributed by atoms with E-state index in [1.165, 1.54) is 40.3 Å². The molecule has 5 nitrogen and oxygen atoms in total. The van der Waals surface area contributed by atoms with Gasteiger partial charge in [0.2, 0.25) is 0 Å². The summed E-state index contributed by atoms with van der Waals surface area (Å²) in [5.41, 5.74) is 2.56. The lowest BCUT2D eigenvalue weighted by atomic mass is 10.2. The minimum atomic E-state index is -0.728. The van der Waals surface area contributed by atoms with Gasteiger partial charge in [-0.1, -0.05) is 6.07 Å². The smallest absolute Gasteiger partial charge is 0.253 e. The van der Waals surface area contributed by atoms with E-state index in [1.54, 1.807) is 5.51 Å². The Hall–Kier alpha value is -2.87. The fourth-order valence-corrected chi connectivity index (χ4v) is 2.77. The van der Waals surface area contributed by atoms with Crippen LogP contribution in [0, 0.1) is 11.6 Å². The molecule has 3 rings (SSSR count). The normalized spacial score (nSPS) is 10.6. The Morgan fingerprint density at radius 3 is 2.80 bits per heavy atom. The van der Waals surface area contributed by atoms with Crippen LogP contribution >= 0.6 is 11.3 Å². The van der Waals surface area contributed by atoms with Gasteiger partial charge in [0.05, 0.1) is 23.3 Å². The first-order valence-electron chi connectivity index (χ1n) is 7.32. The third-order valence-electron chi connectivity index (χ3n) is 3.52. The van der Waals surface area contributed by atoms with Gasteiger partial charge in [0.1, 0.15) is 11.6 Å². The van der Waals surface area contributed by atoms with Crippen LogP contribution in [0.2, 0.25) is 0 Å². The molecular weight excluding hydrogens is 348 g/mol. The molecule has 25 heavy (non-hydrogen) atoms. The van der Waals surface area contributed by atoms with E-state index < -0.39 is 17.5 Å². The molecule has 0 fully saturated rings. The molecule has 0 saturated heterocycles. The Labute approximate surface area is 145 Å². The molecule has 0 atom stereocenters. The Morgan fingerprint density at radius 1 is 1.24 bits per heavy atom. The van der Waals surface area contributed by atoms with Crippen LogP contribution in [0.15, 0.2) is 52.2 Å². The zero-order chi connectivity index (χ0) is 17.8. The molecule has 1 aromatic carbocycles. The number of nitrogens with zero attached hydrogens (tertiary/aromatic N) is 2. The minimum absolute atomic E-state index is 0.0871. The maximum absolute atomic E-state index is 13.6. The Morgan fingerprint density at radius 2 is 2.08 bits per heavy atom.